The molecule has 0 bridgehead atoms. The van der Waals surface area contributed by atoms with Gasteiger partial charge in [0.25, 0.3) is 0 Å². The number of aliphatic hydroxyl groups is 6. The number of hydrogen-bond acceptors (Lipinski definition) is 10. The zero-order valence-corrected chi connectivity index (χ0v) is 49.5. The number of hydrogen-bond donors (Lipinski definition) is 8. The van der Waals surface area contributed by atoms with E-state index in [1.165, 1.54) is 250 Å². The molecule has 446 valence electrons. The number of rotatable bonds is 56. The Bertz CT molecular complexity index is 1310. The Morgan fingerprint density at radius 2 is 0.707 bits per heavy atom. The van der Waals surface area contributed by atoms with E-state index in [9.17, 15) is 44.9 Å². The molecule has 0 spiro atoms. The maximum Gasteiger partial charge on any atom is 0.472 e. The average Bonchev–Trinajstić information content (AvgIpc) is 3.40. The Kier molecular flexibility index (Phi) is 49.3. The SMILES string of the molecule is CCCCCCCCCCCCCCCC/C=C/[C@@H](O)[C@H](COP(=O)(O)OC1C(O)C(O)C(O)[C@@H](O)C1O)NC(=O)CCCCCCCCCCCCCCCCCCCCCCCCCCCCCCCCCC. The number of unbranched alkanes of at least 4 members (excludes halogenated alkanes) is 45. The van der Waals surface area contributed by atoms with Gasteiger partial charge in [-0.15, -0.1) is 0 Å². The Morgan fingerprint density at radius 3 is 1.01 bits per heavy atom. The van der Waals surface area contributed by atoms with E-state index in [-0.39, 0.29) is 12.3 Å². The molecule has 1 rings (SSSR count). The molecule has 0 aromatic carbocycles. The fourth-order valence-corrected chi connectivity index (χ4v) is 11.6. The van der Waals surface area contributed by atoms with Crippen molar-refractivity contribution in [2.75, 3.05) is 6.61 Å². The summed E-state index contributed by atoms with van der Waals surface area (Å²) in [6.07, 6.45) is 51.7. The predicted octanol–water partition coefficient (Wildman–Crippen LogP) is 15.5. The van der Waals surface area contributed by atoms with Crippen molar-refractivity contribution in [1.82, 2.24) is 5.32 Å². The largest absolute Gasteiger partial charge is 0.472 e. The van der Waals surface area contributed by atoms with Crippen LogP contribution in [0.25, 0.3) is 0 Å². The highest BCUT2D eigenvalue weighted by atomic mass is 31.2. The van der Waals surface area contributed by atoms with Gasteiger partial charge < -0.3 is 40.8 Å². The molecule has 1 aliphatic carbocycles. The summed E-state index contributed by atoms with van der Waals surface area (Å²) in [6, 6.07) is -1.11. The molecule has 1 amide bonds. The number of carbonyl (C=O) groups excluding carboxylic acids is 1. The van der Waals surface area contributed by atoms with Gasteiger partial charge in [0.2, 0.25) is 5.91 Å². The van der Waals surface area contributed by atoms with Crippen molar-refractivity contribution in [1.29, 1.82) is 0 Å². The quantitative estimate of drug-likeness (QED) is 0.0163. The minimum atomic E-state index is -5.09. The zero-order chi connectivity index (χ0) is 54.9. The fraction of sp³-hybridized carbons (Fsp3) is 0.952. The lowest BCUT2D eigenvalue weighted by molar-refractivity contribution is -0.220. The molecule has 9 atom stereocenters. The molecular formula is C62H122NO11P. The molecular weight excluding hydrogens is 966 g/mol. The minimum absolute atomic E-state index is 0.220. The van der Waals surface area contributed by atoms with Crippen LogP contribution in [0.3, 0.4) is 0 Å². The first-order valence-electron chi connectivity index (χ1n) is 32.1. The summed E-state index contributed by atoms with van der Waals surface area (Å²) in [6.45, 7) is 3.90. The van der Waals surface area contributed by atoms with Gasteiger partial charge in [-0.3, -0.25) is 13.8 Å². The van der Waals surface area contributed by atoms with E-state index in [1.54, 1.807) is 6.08 Å². The molecule has 0 saturated heterocycles. The van der Waals surface area contributed by atoms with Crippen LogP contribution in [0.15, 0.2) is 12.2 Å². The second kappa shape index (κ2) is 51.2. The molecule has 6 unspecified atom stereocenters. The van der Waals surface area contributed by atoms with Crippen LogP contribution < -0.4 is 5.32 Å². The van der Waals surface area contributed by atoms with Crippen molar-refractivity contribution < 1.29 is 53.9 Å². The topological polar surface area (TPSA) is 206 Å². The summed E-state index contributed by atoms with van der Waals surface area (Å²) in [5.74, 6) is -0.333. The minimum Gasteiger partial charge on any atom is -0.387 e. The standard InChI is InChI=1S/C62H122NO11P/c1-3-5-7-9-11-13-15-17-19-21-22-23-24-25-26-27-28-29-30-31-32-33-34-35-36-38-40-42-44-46-48-50-52-56(65)63-54(53-73-75(71,72)74-62-60(69)58(67)57(66)59(68)61(62)70)55(64)51-49-47-45-43-41-39-37-20-18-16-14-12-10-8-6-4-2/h49,51,54-55,57-62,64,66-70H,3-48,50,52-53H2,1-2H3,(H,63,65)(H,71,72)/b51-49+/t54-,55+,57?,58+,59?,60?,61?,62?/m0/s1. The Hall–Kier alpha value is -0.920. The second-order valence-corrected chi connectivity index (χ2v) is 24.4. The predicted molar refractivity (Wildman–Crippen MR) is 311 cm³/mol. The number of carbonyl (C=O) groups is 1. The smallest absolute Gasteiger partial charge is 0.387 e. The lowest BCUT2D eigenvalue weighted by Crippen LogP contribution is -2.64. The maximum atomic E-state index is 13.1. The van der Waals surface area contributed by atoms with Crippen molar-refractivity contribution in [3.05, 3.63) is 12.2 Å². The summed E-state index contributed by atoms with van der Waals surface area (Å²) in [7, 11) is -5.09. The van der Waals surface area contributed by atoms with Gasteiger partial charge in [-0.1, -0.05) is 309 Å². The lowest BCUT2D eigenvalue weighted by atomic mass is 9.85. The first-order valence-corrected chi connectivity index (χ1v) is 33.6. The number of aliphatic hydroxyl groups excluding tert-OH is 6. The van der Waals surface area contributed by atoms with Crippen LogP contribution in [0.5, 0.6) is 0 Å². The molecule has 75 heavy (non-hydrogen) atoms. The molecule has 0 heterocycles. The summed E-state index contributed by atoms with van der Waals surface area (Å²) < 4.78 is 23.1. The molecule has 0 aliphatic heterocycles. The number of phosphoric ester groups is 1. The molecule has 13 heteroatoms. The molecule has 1 aliphatic rings. The van der Waals surface area contributed by atoms with Crippen LogP contribution in [-0.2, 0) is 18.4 Å². The summed E-state index contributed by atoms with van der Waals surface area (Å²) in [5, 5.41) is 64.4. The van der Waals surface area contributed by atoms with Crippen LogP contribution in [0, 0.1) is 0 Å². The molecule has 1 fully saturated rings. The normalized spacial score (nSPS) is 20.7. The molecule has 12 nitrogen and oxygen atoms in total. The van der Waals surface area contributed by atoms with Gasteiger partial charge >= 0.3 is 7.82 Å². The summed E-state index contributed by atoms with van der Waals surface area (Å²) in [4.78, 5) is 23.6. The van der Waals surface area contributed by atoms with Crippen LogP contribution in [-0.4, -0.2) is 96.8 Å². The number of amides is 1. The van der Waals surface area contributed by atoms with E-state index >= 15 is 0 Å². The lowest BCUT2D eigenvalue weighted by Gasteiger charge is -2.41. The molecule has 0 radical (unpaired) electrons. The van der Waals surface area contributed by atoms with Crippen molar-refractivity contribution in [3.8, 4) is 0 Å². The van der Waals surface area contributed by atoms with E-state index < -0.39 is 63.2 Å². The fourth-order valence-electron chi connectivity index (χ4n) is 10.7. The monoisotopic (exact) mass is 1090 g/mol. The van der Waals surface area contributed by atoms with Crippen molar-refractivity contribution in [3.63, 3.8) is 0 Å². The molecule has 0 aromatic rings. The van der Waals surface area contributed by atoms with Gasteiger partial charge in [0.15, 0.2) is 0 Å². The Morgan fingerprint density at radius 1 is 0.440 bits per heavy atom. The summed E-state index contributed by atoms with van der Waals surface area (Å²) in [5.41, 5.74) is 0. The van der Waals surface area contributed by atoms with E-state index in [2.05, 4.69) is 19.2 Å². The number of nitrogens with one attached hydrogen (secondary N) is 1. The van der Waals surface area contributed by atoms with Crippen molar-refractivity contribution in [2.24, 2.45) is 0 Å². The Labute approximate surface area is 460 Å². The third kappa shape index (κ3) is 41.7. The van der Waals surface area contributed by atoms with Gasteiger partial charge in [-0.25, -0.2) is 4.57 Å². The number of allylic oxidation sites excluding steroid dienone is 1. The van der Waals surface area contributed by atoms with Gasteiger partial charge in [0.1, 0.15) is 36.6 Å². The average molecular weight is 1090 g/mol. The van der Waals surface area contributed by atoms with Gasteiger partial charge in [0, 0.05) is 6.42 Å². The van der Waals surface area contributed by atoms with Crippen molar-refractivity contribution >= 4 is 13.7 Å². The Balaban J connectivity index is 2.21. The van der Waals surface area contributed by atoms with E-state index in [1.807, 2.05) is 6.08 Å². The van der Waals surface area contributed by atoms with E-state index in [0.29, 0.717) is 6.42 Å². The van der Waals surface area contributed by atoms with Gasteiger partial charge in [0.05, 0.1) is 18.8 Å². The molecule has 8 N–H and O–H groups in total. The van der Waals surface area contributed by atoms with Gasteiger partial charge in [-0.05, 0) is 19.3 Å². The van der Waals surface area contributed by atoms with E-state index in [0.717, 1.165) is 44.9 Å². The van der Waals surface area contributed by atoms with Crippen LogP contribution in [0.2, 0.25) is 0 Å². The highest BCUT2D eigenvalue weighted by Crippen LogP contribution is 2.47. The first-order chi connectivity index (χ1) is 36.4. The van der Waals surface area contributed by atoms with E-state index in [4.69, 9.17) is 9.05 Å². The summed E-state index contributed by atoms with van der Waals surface area (Å²) >= 11 is 0. The third-order valence-electron chi connectivity index (χ3n) is 15.8. The maximum absolute atomic E-state index is 13.1. The van der Waals surface area contributed by atoms with Crippen LogP contribution in [0.4, 0.5) is 0 Å². The highest BCUT2D eigenvalue weighted by Gasteiger charge is 2.51. The van der Waals surface area contributed by atoms with Crippen LogP contribution >= 0.6 is 7.82 Å². The first kappa shape index (κ1) is 72.1. The number of phosphoric acid groups is 1. The molecule has 1 saturated carbocycles. The molecule has 0 aromatic heterocycles. The van der Waals surface area contributed by atoms with Gasteiger partial charge in [-0.2, -0.15) is 0 Å². The van der Waals surface area contributed by atoms with Crippen molar-refractivity contribution in [2.45, 2.75) is 371 Å². The third-order valence-corrected chi connectivity index (χ3v) is 16.8. The highest BCUT2D eigenvalue weighted by molar-refractivity contribution is 7.47. The zero-order valence-electron chi connectivity index (χ0n) is 48.6. The van der Waals surface area contributed by atoms with Crippen LogP contribution in [0.1, 0.15) is 322 Å². The second-order valence-electron chi connectivity index (χ2n) is 23.0.